The van der Waals surface area contributed by atoms with E-state index in [1.807, 2.05) is 0 Å². The van der Waals surface area contributed by atoms with Gasteiger partial charge in [-0.25, -0.2) is 0 Å². The normalized spacial score (nSPS) is 19.3. The largest absolute Gasteiger partial charge is 0.411 e. The van der Waals surface area contributed by atoms with Crippen LogP contribution in [0, 0.1) is 0 Å². The summed E-state index contributed by atoms with van der Waals surface area (Å²) in [6, 6.07) is 6.76. The Bertz CT molecular complexity index is 786. The van der Waals surface area contributed by atoms with Crippen molar-refractivity contribution < 1.29 is 9.53 Å². The molecule has 1 aromatic heterocycles. The van der Waals surface area contributed by atoms with Gasteiger partial charge in [0.15, 0.2) is 8.32 Å². The molecular formula is C22H35NO2Si. The van der Waals surface area contributed by atoms with E-state index >= 15 is 0 Å². The van der Waals surface area contributed by atoms with Crippen molar-refractivity contribution in [1.29, 1.82) is 0 Å². The molecule has 0 bridgehead atoms. The fourth-order valence-corrected chi connectivity index (χ4v) is 4.57. The lowest BCUT2D eigenvalue weighted by atomic mass is 9.90. The molecule has 1 heterocycles. The molecule has 144 valence electrons. The summed E-state index contributed by atoms with van der Waals surface area (Å²) >= 11 is 0. The molecule has 0 aliphatic heterocycles. The topological polar surface area (TPSA) is 34.4 Å². The molecule has 3 rings (SSSR count). The maximum atomic E-state index is 10.6. The Morgan fingerprint density at radius 1 is 1.15 bits per heavy atom. The quantitative estimate of drug-likeness (QED) is 0.685. The Morgan fingerprint density at radius 3 is 2.58 bits per heavy atom. The minimum Gasteiger partial charge on any atom is -0.411 e. The summed E-state index contributed by atoms with van der Waals surface area (Å²) in [5.41, 5.74) is 4.94. The number of aromatic nitrogens is 1. The summed E-state index contributed by atoms with van der Waals surface area (Å²) in [4.78, 5) is 0. The van der Waals surface area contributed by atoms with Crippen LogP contribution in [0.4, 0.5) is 0 Å². The van der Waals surface area contributed by atoms with Crippen LogP contribution in [0.25, 0.3) is 10.9 Å². The minimum absolute atomic E-state index is 0.220. The number of aryl methyl sites for hydroxylation is 2. The van der Waals surface area contributed by atoms with E-state index in [0.29, 0.717) is 6.61 Å². The molecule has 4 heteroatoms. The monoisotopic (exact) mass is 373 g/mol. The van der Waals surface area contributed by atoms with Gasteiger partial charge in [-0.1, -0.05) is 33.6 Å². The molecule has 0 spiro atoms. The number of hydrogen-bond donors (Lipinski definition) is 1. The van der Waals surface area contributed by atoms with Gasteiger partial charge in [-0.05, 0) is 66.7 Å². The Labute approximate surface area is 159 Å². The number of benzene rings is 1. The molecule has 1 unspecified atom stereocenters. The summed E-state index contributed by atoms with van der Waals surface area (Å²) < 4.78 is 8.72. The smallest absolute Gasteiger partial charge is 0.192 e. The Morgan fingerprint density at radius 2 is 1.88 bits per heavy atom. The van der Waals surface area contributed by atoms with Gasteiger partial charge in [0.1, 0.15) is 0 Å². The van der Waals surface area contributed by atoms with Crippen molar-refractivity contribution >= 4 is 19.2 Å². The molecule has 0 radical (unpaired) electrons. The van der Waals surface area contributed by atoms with E-state index in [2.05, 4.69) is 63.7 Å². The molecular weight excluding hydrogens is 338 g/mol. The van der Waals surface area contributed by atoms with Crippen molar-refractivity contribution in [3.05, 3.63) is 35.0 Å². The Balaban J connectivity index is 1.93. The van der Waals surface area contributed by atoms with E-state index in [4.69, 9.17) is 4.43 Å². The van der Waals surface area contributed by atoms with E-state index in [1.54, 1.807) is 0 Å². The third-order valence-corrected chi connectivity index (χ3v) is 11.1. The summed E-state index contributed by atoms with van der Waals surface area (Å²) in [7, 11) is 0.375. The first-order valence-electron chi connectivity index (χ1n) is 10.0. The first kappa shape index (κ1) is 19.7. The number of nitrogens with zero attached hydrogens (tertiary/aromatic N) is 1. The van der Waals surface area contributed by atoms with Gasteiger partial charge in [0.2, 0.25) is 0 Å². The predicted molar refractivity (Wildman–Crippen MR) is 112 cm³/mol. The molecule has 1 aliphatic rings. The summed E-state index contributed by atoms with van der Waals surface area (Å²) in [5, 5.41) is 12.0. The second-order valence-electron chi connectivity index (χ2n) is 9.47. The highest BCUT2D eigenvalue weighted by molar-refractivity contribution is 6.74. The molecule has 3 nitrogen and oxygen atoms in total. The summed E-state index contributed by atoms with van der Waals surface area (Å²) in [6.07, 6.45) is 5.20. The van der Waals surface area contributed by atoms with E-state index in [0.717, 1.165) is 24.8 Å². The van der Waals surface area contributed by atoms with Crippen LogP contribution < -0.4 is 0 Å². The van der Waals surface area contributed by atoms with Crippen LogP contribution in [-0.4, -0.2) is 18.0 Å². The molecule has 1 aromatic carbocycles. The fourth-order valence-electron chi connectivity index (χ4n) is 3.62. The van der Waals surface area contributed by atoms with Gasteiger partial charge in [0.05, 0.1) is 12.7 Å². The van der Waals surface area contributed by atoms with Gasteiger partial charge in [-0.3, -0.25) is 0 Å². The van der Waals surface area contributed by atoms with Gasteiger partial charge < -0.3 is 14.1 Å². The molecule has 1 atom stereocenters. The lowest BCUT2D eigenvalue weighted by Crippen LogP contribution is -2.40. The molecule has 0 amide bonds. The number of hydrogen-bond acceptors (Lipinski definition) is 2. The zero-order chi connectivity index (χ0) is 19.1. The standard InChI is InChI=1S/C22H35NO2Si/c1-22(2,3)26(5,6)25-15-18-12-17-13-19-16(14-20(17)23(18)4)10-8-7-9-11-21(19)24/h12-14,21,24H,7-11,15H2,1-6H3. The second kappa shape index (κ2) is 7.14. The predicted octanol–water partition coefficient (Wildman–Crippen LogP) is 5.85. The minimum atomic E-state index is -1.76. The molecule has 0 saturated carbocycles. The van der Waals surface area contributed by atoms with Crippen LogP contribution in [-0.2, 0) is 24.5 Å². The SMILES string of the molecule is Cn1c(CO[Si](C)(C)C(C)(C)C)cc2cc3c(cc21)CCCCCC3O. The van der Waals surface area contributed by atoms with Crippen molar-refractivity contribution in [3.63, 3.8) is 0 Å². The number of aliphatic hydroxyl groups is 1. The van der Waals surface area contributed by atoms with Gasteiger partial charge >= 0.3 is 0 Å². The third kappa shape index (κ3) is 3.78. The average Bonchev–Trinajstić information content (AvgIpc) is 2.85. The average molecular weight is 374 g/mol. The fraction of sp³-hybridized carbons (Fsp3) is 0.636. The van der Waals surface area contributed by atoms with Crippen LogP contribution in [0.15, 0.2) is 18.2 Å². The van der Waals surface area contributed by atoms with E-state index in [1.165, 1.54) is 35.0 Å². The van der Waals surface area contributed by atoms with Gasteiger partial charge in [0.25, 0.3) is 0 Å². The first-order chi connectivity index (χ1) is 12.1. The van der Waals surface area contributed by atoms with Crippen molar-refractivity contribution in [2.75, 3.05) is 0 Å². The Hall–Kier alpha value is -1.10. The lowest BCUT2D eigenvalue weighted by Gasteiger charge is -2.36. The van der Waals surface area contributed by atoms with Crippen molar-refractivity contribution in [2.24, 2.45) is 7.05 Å². The Kier molecular flexibility index (Phi) is 5.39. The van der Waals surface area contributed by atoms with Crippen LogP contribution >= 0.6 is 0 Å². The molecule has 2 aromatic rings. The summed E-state index contributed by atoms with van der Waals surface area (Å²) in [5.74, 6) is 0. The lowest BCUT2D eigenvalue weighted by molar-refractivity contribution is 0.160. The van der Waals surface area contributed by atoms with E-state index in [-0.39, 0.29) is 11.1 Å². The van der Waals surface area contributed by atoms with Crippen molar-refractivity contribution in [1.82, 2.24) is 4.57 Å². The highest BCUT2D eigenvalue weighted by atomic mass is 28.4. The number of aliphatic hydroxyl groups excluding tert-OH is 1. The summed E-state index contributed by atoms with van der Waals surface area (Å²) in [6.45, 7) is 12.1. The zero-order valence-electron chi connectivity index (χ0n) is 17.4. The zero-order valence-corrected chi connectivity index (χ0v) is 18.4. The van der Waals surface area contributed by atoms with Crippen LogP contribution in [0.1, 0.15) is 69.4 Å². The third-order valence-electron chi connectivity index (χ3n) is 6.57. The van der Waals surface area contributed by atoms with Crippen LogP contribution in [0.2, 0.25) is 18.1 Å². The van der Waals surface area contributed by atoms with Gasteiger partial charge in [-0.2, -0.15) is 0 Å². The van der Waals surface area contributed by atoms with Gasteiger partial charge in [-0.15, -0.1) is 0 Å². The van der Waals surface area contributed by atoms with Crippen LogP contribution in [0.5, 0.6) is 0 Å². The maximum absolute atomic E-state index is 10.6. The van der Waals surface area contributed by atoms with Gasteiger partial charge in [0, 0.05) is 23.6 Å². The molecule has 0 fully saturated rings. The molecule has 26 heavy (non-hydrogen) atoms. The maximum Gasteiger partial charge on any atom is 0.192 e. The highest BCUT2D eigenvalue weighted by Gasteiger charge is 2.37. The van der Waals surface area contributed by atoms with Crippen LogP contribution in [0.3, 0.4) is 0 Å². The van der Waals surface area contributed by atoms with E-state index in [9.17, 15) is 5.11 Å². The molecule has 1 N–H and O–H groups in total. The second-order valence-corrected chi connectivity index (χ2v) is 14.3. The van der Waals surface area contributed by atoms with Crippen molar-refractivity contribution in [3.8, 4) is 0 Å². The first-order valence-corrected chi connectivity index (χ1v) is 12.9. The number of rotatable bonds is 3. The van der Waals surface area contributed by atoms with Crippen molar-refractivity contribution in [2.45, 2.75) is 83.7 Å². The van der Waals surface area contributed by atoms with E-state index < -0.39 is 8.32 Å². The molecule has 1 aliphatic carbocycles. The molecule has 0 saturated heterocycles. The highest BCUT2D eigenvalue weighted by Crippen LogP contribution is 2.38. The number of fused-ring (bicyclic) bond motifs is 2.